The molecule has 0 aromatic rings. The van der Waals surface area contributed by atoms with E-state index in [1.165, 1.54) is 244 Å². The van der Waals surface area contributed by atoms with Crippen LogP contribution in [-0.2, 0) is 14.3 Å². The lowest BCUT2D eigenvalue weighted by Gasteiger charge is -2.22. The fourth-order valence-electron chi connectivity index (χ4n) is 9.16. The maximum absolute atomic E-state index is 12.4. The van der Waals surface area contributed by atoms with E-state index in [-0.39, 0.29) is 18.5 Å². The van der Waals surface area contributed by atoms with Gasteiger partial charge in [0.2, 0.25) is 5.91 Å². The quantitative estimate of drug-likeness (QED) is 0.0321. The number of hydrogen-bond acceptors (Lipinski definition) is 5. The minimum atomic E-state index is -0.667. The number of amides is 1. The van der Waals surface area contributed by atoms with Crippen LogP contribution < -0.4 is 5.32 Å². The molecule has 2 atom stereocenters. The normalized spacial score (nSPS) is 12.7. The molecule has 0 heterocycles. The topological polar surface area (TPSA) is 95.9 Å². The third-order valence-corrected chi connectivity index (χ3v) is 13.7. The number of carbonyl (C=O) groups excluding carboxylic acids is 2. The van der Waals surface area contributed by atoms with E-state index in [4.69, 9.17) is 4.74 Å². The summed E-state index contributed by atoms with van der Waals surface area (Å²) in [4.78, 5) is 24.5. The smallest absolute Gasteiger partial charge is 0.305 e. The number of allylic oxidation sites excluding steroid dienone is 4. The van der Waals surface area contributed by atoms with Gasteiger partial charge in [-0.2, -0.15) is 0 Å². The zero-order valence-corrected chi connectivity index (χ0v) is 44.4. The standard InChI is InChI=1S/C60H115NO5/c1-3-5-7-9-11-13-15-16-17-27-30-34-38-42-46-50-54-60(65)66-55-51-47-43-39-35-31-28-25-23-21-19-18-20-22-24-26-29-33-37-41-45-49-53-59(64)61-57(56-62)58(63)52-48-44-40-36-32-14-12-10-8-6-4-2/h17,20,22,27,57-58,62-63H,3-16,18-19,21,23-26,28-56H2,1-2H3,(H,61,64)/b22-20-,27-17-. The van der Waals surface area contributed by atoms with E-state index in [2.05, 4.69) is 43.5 Å². The van der Waals surface area contributed by atoms with E-state index in [1.54, 1.807) is 0 Å². The summed E-state index contributed by atoms with van der Waals surface area (Å²) < 4.78 is 5.48. The molecule has 3 N–H and O–H groups in total. The molecule has 0 rings (SSSR count). The Hall–Kier alpha value is -1.66. The minimum Gasteiger partial charge on any atom is -0.466 e. The van der Waals surface area contributed by atoms with Crippen molar-refractivity contribution in [2.75, 3.05) is 13.2 Å². The molecule has 2 unspecified atom stereocenters. The van der Waals surface area contributed by atoms with Crippen LogP contribution in [0.3, 0.4) is 0 Å². The van der Waals surface area contributed by atoms with Crippen molar-refractivity contribution >= 4 is 11.9 Å². The molecule has 0 bridgehead atoms. The SMILES string of the molecule is CCCCCCCCC/C=C\CCCCCCCC(=O)OCCCCCCCCCCCCC/C=C\CCCCCCCCCC(=O)NC(CO)C(O)CCCCCCCCCCCCC. The Labute approximate surface area is 411 Å². The fourth-order valence-corrected chi connectivity index (χ4v) is 9.16. The number of nitrogens with one attached hydrogen (secondary N) is 1. The molecule has 6 nitrogen and oxygen atoms in total. The maximum Gasteiger partial charge on any atom is 0.305 e. The predicted molar refractivity (Wildman–Crippen MR) is 287 cm³/mol. The van der Waals surface area contributed by atoms with Crippen molar-refractivity contribution in [3.63, 3.8) is 0 Å². The van der Waals surface area contributed by atoms with Gasteiger partial charge in [0.1, 0.15) is 0 Å². The zero-order chi connectivity index (χ0) is 47.9. The van der Waals surface area contributed by atoms with Gasteiger partial charge >= 0.3 is 5.97 Å². The van der Waals surface area contributed by atoms with Gasteiger partial charge in [-0.1, -0.05) is 256 Å². The van der Waals surface area contributed by atoms with Crippen LogP contribution in [0.25, 0.3) is 0 Å². The number of unbranched alkanes of at least 4 members (excludes halogenated alkanes) is 40. The molecule has 0 aromatic heterocycles. The predicted octanol–water partition coefficient (Wildman–Crippen LogP) is 18.2. The Bertz CT molecular complexity index is 1030. The Kier molecular flexibility index (Phi) is 54.5. The average molecular weight is 931 g/mol. The van der Waals surface area contributed by atoms with Crippen LogP contribution in [0, 0.1) is 0 Å². The van der Waals surface area contributed by atoms with Gasteiger partial charge in [-0.15, -0.1) is 0 Å². The lowest BCUT2D eigenvalue weighted by atomic mass is 10.0. The highest BCUT2D eigenvalue weighted by Gasteiger charge is 2.20. The zero-order valence-electron chi connectivity index (χ0n) is 44.4. The Morgan fingerprint density at radius 2 is 0.712 bits per heavy atom. The van der Waals surface area contributed by atoms with Crippen LogP contribution >= 0.6 is 0 Å². The molecule has 0 aliphatic heterocycles. The number of ether oxygens (including phenoxy) is 1. The molecule has 0 spiro atoms. The first-order chi connectivity index (χ1) is 32.5. The number of carbonyl (C=O) groups is 2. The molecular weight excluding hydrogens is 815 g/mol. The van der Waals surface area contributed by atoms with Crippen LogP contribution in [0.5, 0.6) is 0 Å². The first-order valence-corrected chi connectivity index (χ1v) is 29.6. The number of esters is 1. The summed E-state index contributed by atoms with van der Waals surface area (Å²) in [6.07, 6.45) is 67.5. The first-order valence-electron chi connectivity index (χ1n) is 29.6. The average Bonchev–Trinajstić information content (AvgIpc) is 3.32. The van der Waals surface area contributed by atoms with Crippen LogP contribution in [0.2, 0.25) is 0 Å². The summed E-state index contributed by atoms with van der Waals surface area (Å²) >= 11 is 0. The van der Waals surface area contributed by atoms with E-state index in [9.17, 15) is 19.8 Å². The van der Waals surface area contributed by atoms with Crippen LogP contribution in [0.1, 0.15) is 322 Å². The lowest BCUT2D eigenvalue weighted by molar-refractivity contribution is -0.143. The van der Waals surface area contributed by atoms with Crippen LogP contribution in [0.15, 0.2) is 24.3 Å². The number of aliphatic hydroxyl groups is 2. The molecule has 0 saturated heterocycles. The molecule has 0 radical (unpaired) electrons. The van der Waals surface area contributed by atoms with Crippen molar-refractivity contribution in [3.8, 4) is 0 Å². The summed E-state index contributed by atoms with van der Waals surface area (Å²) in [6, 6.07) is -0.545. The van der Waals surface area contributed by atoms with Crippen molar-refractivity contribution in [1.82, 2.24) is 5.32 Å². The van der Waals surface area contributed by atoms with Crippen molar-refractivity contribution in [1.29, 1.82) is 0 Å². The van der Waals surface area contributed by atoms with Crippen molar-refractivity contribution in [3.05, 3.63) is 24.3 Å². The molecule has 390 valence electrons. The van der Waals surface area contributed by atoms with Crippen molar-refractivity contribution < 1.29 is 24.5 Å². The number of rotatable bonds is 55. The second kappa shape index (κ2) is 55.9. The van der Waals surface area contributed by atoms with Gasteiger partial charge in [-0.25, -0.2) is 0 Å². The van der Waals surface area contributed by atoms with E-state index < -0.39 is 12.1 Å². The van der Waals surface area contributed by atoms with Crippen molar-refractivity contribution in [2.24, 2.45) is 0 Å². The molecule has 66 heavy (non-hydrogen) atoms. The van der Waals surface area contributed by atoms with E-state index in [0.29, 0.717) is 25.9 Å². The highest BCUT2D eigenvalue weighted by Crippen LogP contribution is 2.17. The summed E-state index contributed by atoms with van der Waals surface area (Å²) in [5.41, 5.74) is 0. The fraction of sp³-hybridized carbons (Fsp3) is 0.900. The molecule has 0 aliphatic rings. The maximum atomic E-state index is 12.4. The second-order valence-electron chi connectivity index (χ2n) is 20.3. The summed E-state index contributed by atoms with van der Waals surface area (Å²) in [5, 5.41) is 23.2. The van der Waals surface area contributed by atoms with Crippen LogP contribution in [0.4, 0.5) is 0 Å². The van der Waals surface area contributed by atoms with Gasteiger partial charge in [0.25, 0.3) is 0 Å². The highest BCUT2D eigenvalue weighted by molar-refractivity contribution is 5.76. The van der Waals surface area contributed by atoms with Gasteiger partial charge in [-0.3, -0.25) is 9.59 Å². The molecule has 6 heteroatoms. The van der Waals surface area contributed by atoms with Crippen molar-refractivity contribution in [2.45, 2.75) is 334 Å². The van der Waals surface area contributed by atoms with Gasteiger partial charge in [-0.05, 0) is 77.0 Å². The third-order valence-electron chi connectivity index (χ3n) is 13.7. The Balaban J connectivity index is 3.39. The summed E-state index contributed by atoms with van der Waals surface area (Å²) in [6.45, 7) is 4.94. The third kappa shape index (κ3) is 51.7. The first kappa shape index (κ1) is 64.3. The number of aliphatic hydroxyl groups excluding tert-OH is 2. The molecule has 1 amide bonds. The molecule has 0 aliphatic carbocycles. The largest absolute Gasteiger partial charge is 0.466 e. The molecule has 0 saturated carbocycles. The Morgan fingerprint density at radius 3 is 1.08 bits per heavy atom. The lowest BCUT2D eigenvalue weighted by Crippen LogP contribution is -2.45. The highest BCUT2D eigenvalue weighted by atomic mass is 16.5. The van der Waals surface area contributed by atoms with E-state index in [1.807, 2.05) is 0 Å². The van der Waals surface area contributed by atoms with Gasteiger partial charge in [0.15, 0.2) is 0 Å². The molecule has 0 fully saturated rings. The van der Waals surface area contributed by atoms with Gasteiger partial charge < -0.3 is 20.3 Å². The monoisotopic (exact) mass is 930 g/mol. The molecular formula is C60H115NO5. The minimum absolute atomic E-state index is 0.00267. The Morgan fingerprint density at radius 1 is 0.409 bits per heavy atom. The molecule has 0 aromatic carbocycles. The van der Waals surface area contributed by atoms with E-state index in [0.717, 1.165) is 44.9 Å². The van der Waals surface area contributed by atoms with Crippen LogP contribution in [-0.4, -0.2) is 47.4 Å². The summed E-state index contributed by atoms with van der Waals surface area (Å²) in [5.74, 6) is -0.0399. The van der Waals surface area contributed by atoms with E-state index >= 15 is 0 Å². The summed E-state index contributed by atoms with van der Waals surface area (Å²) in [7, 11) is 0. The number of hydrogen-bond donors (Lipinski definition) is 3. The van der Waals surface area contributed by atoms with Gasteiger partial charge in [0.05, 0.1) is 25.4 Å². The second-order valence-corrected chi connectivity index (χ2v) is 20.3. The van der Waals surface area contributed by atoms with Gasteiger partial charge in [0, 0.05) is 12.8 Å².